The molecule has 0 unspecified atom stereocenters. The average molecular weight is 287 g/mol. The normalized spacial score (nSPS) is 10.4. The second-order valence-electron chi connectivity index (χ2n) is 5.07. The molecule has 2 rings (SSSR count). The fourth-order valence-electron chi connectivity index (χ4n) is 2.23. The zero-order chi connectivity index (χ0) is 15.2. The van der Waals surface area contributed by atoms with Crippen LogP contribution in [-0.4, -0.2) is 23.2 Å². The summed E-state index contributed by atoms with van der Waals surface area (Å²) in [6, 6.07) is 7.68. The highest BCUT2D eigenvalue weighted by molar-refractivity contribution is 5.91. The van der Waals surface area contributed by atoms with E-state index in [4.69, 9.17) is 4.74 Å². The van der Waals surface area contributed by atoms with Gasteiger partial charge in [-0.25, -0.2) is 0 Å². The van der Waals surface area contributed by atoms with Gasteiger partial charge in [0.15, 0.2) is 5.82 Å². The Balaban J connectivity index is 2.02. The van der Waals surface area contributed by atoms with Crippen LogP contribution < -0.4 is 10.1 Å². The molecule has 0 aliphatic carbocycles. The highest BCUT2D eigenvalue weighted by Crippen LogP contribution is 2.20. The van der Waals surface area contributed by atoms with Crippen LogP contribution >= 0.6 is 0 Å². The van der Waals surface area contributed by atoms with Gasteiger partial charge in [0.05, 0.1) is 13.5 Å². The number of methoxy groups -OCH3 is 1. The number of aryl methyl sites for hydroxylation is 2. The van der Waals surface area contributed by atoms with Crippen LogP contribution in [0.3, 0.4) is 0 Å². The summed E-state index contributed by atoms with van der Waals surface area (Å²) in [5, 5.41) is 9.81. The van der Waals surface area contributed by atoms with E-state index in [0.717, 1.165) is 35.4 Å². The van der Waals surface area contributed by atoms with E-state index in [2.05, 4.69) is 22.4 Å². The maximum atomic E-state index is 12.1. The summed E-state index contributed by atoms with van der Waals surface area (Å²) in [5.74, 6) is 1.19. The molecular formula is C16H21N3O2. The molecule has 0 atom stereocenters. The predicted molar refractivity (Wildman–Crippen MR) is 82.6 cm³/mol. The molecule has 1 amide bonds. The number of rotatable bonds is 6. The van der Waals surface area contributed by atoms with E-state index < -0.39 is 0 Å². The number of nitrogens with zero attached hydrogens (tertiary/aromatic N) is 1. The van der Waals surface area contributed by atoms with E-state index in [1.54, 1.807) is 7.11 Å². The molecule has 1 aromatic carbocycles. The zero-order valence-corrected chi connectivity index (χ0v) is 12.7. The third-order valence-corrected chi connectivity index (χ3v) is 3.20. The van der Waals surface area contributed by atoms with Gasteiger partial charge in [0.2, 0.25) is 5.91 Å². The van der Waals surface area contributed by atoms with Crippen LogP contribution in [0.25, 0.3) is 0 Å². The van der Waals surface area contributed by atoms with Gasteiger partial charge in [0.25, 0.3) is 0 Å². The Bertz CT molecular complexity index is 620. The average Bonchev–Trinajstić information content (AvgIpc) is 2.86. The maximum absolute atomic E-state index is 12.1. The van der Waals surface area contributed by atoms with Crippen molar-refractivity contribution >= 4 is 11.7 Å². The van der Waals surface area contributed by atoms with Crippen LogP contribution in [0.5, 0.6) is 5.75 Å². The Hall–Kier alpha value is -2.30. The van der Waals surface area contributed by atoms with Gasteiger partial charge < -0.3 is 10.1 Å². The van der Waals surface area contributed by atoms with Gasteiger partial charge >= 0.3 is 0 Å². The van der Waals surface area contributed by atoms with E-state index in [-0.39, 0.29) is 12.3 Å². The molecule has 0 fully saturated rings. The molecule has 0 bridgehead atoms. The summed E-state index contributed by atoms with van der Waals surface area (Å²) in [6.45, 7) is 4.09. The number of anilines is 1. The summed E-state index contributed by atoms with van der Waals surface area (Å²) < 4.78 is 5.29. The lowest BCUT2D eigenvalue weighted by molar-refractivity contribution is -0.115. The second-order valence-corrected chi connectivity index (χ2v) is 5.07. The minimum Gasteiger partial charge on any atom is -0.496 e. The number of aromatic nitrogens is 2. The first kappa shape index (κ1) is 15.1. The molecule has 1 aromatic heterocycles. The summed E-state index contributed by atoms with van der Waals surface area (Å²) in [7, 11) is 1.61. The minimum atomic E-state index is -0.103. The van der Waals surface area contributed by atoms with Gasteiger partial charge in [-0.3, -0.25) is 9.89 Å². The third kappa shape index (κ3) is 4.08. The third-order valence-electron chi connectivity index (χ3n) is 3.20. The van der Waals surface area contributed by atoms with Crippen molar-refractivity contribution < 1.29 is 9.53 Å². The topological polar surface area (TPSA) is 67.0 Å². The molecule has 2 N–H and O–H groups in total. The van der Waals surface area contributed by atoms with E-state index in [9.17, 15) is 4.79 Å². The number of benzene rings is 1. The maximum Gasteiger partial charge on any atom is 0.230 e. The molecule has 21 heavy (non-hydrogen) atoms. The standard InChI is InChI=1S/C16H21N3O2/c1-4-5-13-10-15(19-18-13)17-16(20)9-12-8-11(2)6-7-14(12)21-3/h6-8,10H,4-5,9H2,1-3H3,(H2,17,18,19,20). The molecule has 5 nitrogen and oxygen atoms in total. The van der Waals surface area contributed by atoms with Crippen molar-refractivity contribution in [3.05, 3.63) is 41.1 Å². The lowest BCUT2D eigenvalue weighted by Gasteiger charge is -2.09. The molecular weight excluding hydrogens is 266 g/mol. The van der Waals surface area contributed by atoms with Crippen LogP contribution in [0, 0.1) is 6.92 Å². The molecule has 0 aliphatic rings. The van der Waals surface area contributed by atoms with E-state index in [1.807, 2.05) is 31.2 Å². The minimum absolute atomic E-state index is 0.103. The van der Waals surface area contributed by atoms with Crippen molar-refractivity contribution in [1.29, 1.82) is 0 Å². The summed E-state index contributed by atoms with van der Waals surface area (Å²) in [6.07, 6.45) is 2.23. The Labute approximate surface area is 124 Å². The van der Waals surface area contributed by atoms with Gasteiger partial charge in [0.1, 0.15) is 5.75 Å². The fraction of sp³-hybridized carbons (Fsp3) is 0.375. The lowest BCUT2D eigenvalue weighted by Crippen LogP contribution is -2.15. The quantitative estimate of drug-likeness (QED) is 0.858. The van der Waals surface area contributed by atoms with Crippen LogP contribution in [-0.2, 0) is 17.6 Å². The van der Waals surface area contributed by atoms with Crippen LogP contribution in [0.4, 0.5) is 5.82 Å². The van der Waals surface area contributed by atoms with E-state index in [1.165, 1.54) is 0 Å². The second kappa shape index (κ2) is 6.92. The first-order valence-corrected chi connectivity index (χ1v) is 7.10. The van der Waals surface area contributed by atoms with Crippen LogP contribution in [0.15, 0.2) is 24.3 Å². The fourth-order valence-corrected chi connectivity index (χ4v) is 2.23. The summed E-state index contributed by atoms with van der Waals surface area (Å²) in [4.78, 5) is 12.1. The van der Waals surface area contributed by atoms with E-state index >= 15 is 0 Å². The number of aromatic amines is 1. The Morgan fingerprint density at radius 3 is 2.90 bits per heavy atom. The first-order chi connectivity index (χ1) is 10.1. The number of carbonyl (C=O) groups excluding carboxylic acids is 1. The molecule has 0 radical (unpaired) electrons. The van der Waals surface area contributed by atoms with Crippen molar-refractivity contribution in [2.45, 2.75) is 33.1 Å². The summed E-state index contributed by atoms with van der Waals surface area (Å²) >= 11 is 0. The molecule has 0 saturated carbocycles. The zero-order valence-electron chi connectivity index (χ0n) is 12.7. The predicted octanol–water partition coefficient (Wildman–Crippen LogP) is 2.86. The Morgan fingerprint density at radius 1 is 1.38 bits per heavy atom. The molecule has 112 valence electrons. The molecule has 0 saturated heterocycles. The van der Waals surface area contributed by atoms with Crippen molar-refractivity contribution in [3.8, 4) is 5.75 Å². The Kier molecular flexibility index (Phi) is 4.98. The van der Waals surface area contributed by atoms with Crippen LogP contribution in [0.1, 0.15) is 30.2 Å². The Morgan fingerprint density at radius 2 is 2.19 bits per heavy atom. The smallest absolute Gasteiger partial charge is 0.230 e. The highest BCUT2D eigenvalue weighted by atomic mass is 16.5. The number of ether oxygens (including phenoxy) is 1. The van der Waals surface area contributed by atoms with Gasteiger partial charge in [-0.05, 0) is 19.4 Å². The van der Waals surface area contributed by atoms with Gasteiger partial charge in [0, 0.05) is 17.3 Å². The van der Waals surface area contributed by atoms with Crippen molar-refractivity contribution in [1.82, 2.24) is 10.2 Å². The largest absolute Gasteiger partial charge is 0.496 e. The van der Waals surface area contributed by atoms with E-state index in [0.29, 0.717) is 5.82 Å². The molecule has 0 spiro atoms. The van der Waals surface area contributed by atoms with Crippen LogP contribution in [0.2, 0.25) is 0 Å². The molecule has 1 heterocycles. The molecule has 0 aliphatic heterocycles. The lowest BCUT2D eigenvalue weighted by atomic mass is 10.1. The van der Waals surface area contributed by atoms with Gasteiger partial charge in [-0.15, -0.1) is 0 Å². The monoisotopic (exact) mass is 287 g/mol. The molecule has 5 heteroatoms. The van der Waals surface area contributed by atoms with Crippen molar-refractivity contribution in [2.75, 3.05) is 12.4 Å². The number of H-pyrrole nitrogens is 1. The highest BCUT2D eigenvalue weighted by Gasteiger charge is 2.11. The summed E-state index contributed by atoms with van der Waals surface area (Å²) in [5.41, 5.74) is 3.00. The van der Waals surface area contributed by atoms with Gasteiger partial charge in [-0.2, -0.15) is 5.10 Å². The number of hydrogen-bond donors (Lipinski definition) is 2. The number of amides is 1. The van der Waals surface area contributed by atoms with Gasteiger partial charge in [-0.1, -0.05) is 31.0 Å². The first-order valence-electron chi connectivity index (χ1n) is 7.10. The number of nitrogens with one attached hydrogen (secondary N) is 2. The van der Waals surface area contributed by atoms with Crippen molar-refractivity contribution in [3.63, 3.8) is 0 Å². The molecule has 2 aromatic rings. The number of hydrogen-bond acceptors (Lipinski definition) is 3. The SMILES string of the molecule is CCCc1cc(NC(=O)Cc2cc(C)ccc2OC)n[nH]1. The number of carbonyl (C=O) groups is 1. The van der Waals surface area contributed by atoms with Crippen molar-refractivity contribution in [2.24, 2.45) is 0 Å².